The van der Waals surface area contributed by atoms with Crippen molar-refractivity contribution >= 4 is 38.9 Å². The van der Waals surface area contributed by atoms with Crippen molar-refractivity contribution in [2.24, 2.45) is 0 Å². The van der Waals surface area contributed by atoms with Crippen molar-refractivity contribution in [3.05, 3.63) is 24.3 Å². The van der Waals surface area contributed by atoms with E-state index in [2.05, 4.69) is 22.6 Å². The third-order valence-electron chi connectivity index (χ3n) is 1.68. The van der Waals surface area contributed by atoms with E-state index in [-0.39, 0.29) is 40.7 Å². The first-order valence-electron chi connectivity index (χ1n) is 5.79. The third-order valence-corrected chi connectivity index (χ3v) is 2.51. The summed E-state index contributed by atoms with van der Waals surface area (Å²) in [5.41, 5.74) is 0.0224. The number of rotatable bonds is 7. The minimum atomic E-state index is -4.05. The van der Waals surface area contributed by atoms with Gasteiger partial charge in [-0.15, -0.1) is 0 Å². The van der Waals surface area contributed by atoms with Gasteiger partial charge in [0, 0.05) is 22.2 Å². The number of carbonyl (C=O) groups is 2. The zero-order valence-electron chi connectivity index (χ0n) is 13.6. The number of alkyl halides is 5. The molecular formula is C12H14BrF4NaO6S. The van der Waals surface area contributed by atoms with Crippen LogP contribution in [0.2, 0.25) is 0 Å². The summed E-state index contributed by atoms with van der Waals surface area (Å²) in [5, 5.41) is -4.05. The monoisotopic (exact) mass is 464 g/mol. The second kappa shape index (κ2) is 13.0. The van der Waals surface area contributed by atoms with Crippen LogP contribution in [0.5, 0.6) is 0 Å². The van der Waals surface area contributed by atoms with Gasteiger partial charge in [-0.2, -0.15) is 17.6 Å². The molecule has 13 heteroatoms. The molecule has 1 atom stereocenters. The fourth-order valence-corrected chi connectivity index (χ4v) is 0.861. The van der Waals surface area contributed by atoms with E-state index in [0.717, 1.165) is 0 Å². The zero-order valence-corrected chi connectivity index (χ0v) is 18.0. The van der Waals surface area contributed by atoms with Crippen molar-refractivity contribution in [1.82, 2.24) is 0 Å². The first-order valence-corrected chi connectivity index (χ1v) is 7.66. The van der Waals surface area contributed by atoms with Crippen LogP contribution in [0.3, 0.4) is 0 Å². The predicted molar refractivity (Wildman–Crippen MR) is 79.3 cm³/mol. The van der Waals surface area contributed by atoms with Crippen LogP contribution in [0.25, 0.3) is 0 Å². The van der Waals surface area contributed by atoms with Crippen LogP contribution in [-0.2, 0) is 30.1 Å². The number of esters is 2. The van der Waals surface area contributed by atoms with Crippen molar-refractivity contribution in [3.8, 4) is 0 Å². The topological polar surface area (TPSA) is 92.7 Å². The molecule has 140 valence electrons. The number of hydrogen-bond acceptors (Lipinski definition) is 6. The van der Waals surface area contributed by atoms with Gasteiger partial charge in [0.2, 0.25) is 0 Å². The van der Waals surface area contributed by atoms with Gasteiger partial charge < -0.3 is 14.0 Å². The van der Waals surface area contributed by atoms with E-state index in [1.165, 1.54) is 13.8 Å². The van der Waals surface area contributed by atoms with Crippen molar-refractivity contribution in [1.29, 1.82) is 0 Å². The normalized spacial score (nSPS) is 11.8. The Morgan fingerprint density at radius 3 is 1.60 bits per heavy atom. The second-order valence-electron chi connectivity index (χ2n) is 4.20. The van der Waals surface area contributed by atoms with E-state index < -0.39 is 46.3 Å². The largest absolute Gasteiger partial charge is 1.00 e. The standard InChI is InChI=1S/C6H7BrF2O2.C6H8F2O4S.Na/c1-4(2)5(10)11-3-6(7,8)9;1-4(2)5(9)12-3-6(7,8)13(10)11;/h1,3H2,2H3;1,3H2,2H3,(H,10,11);/q;;+1/p-1. The van der Waals surface area contributed by atoms with Gasteiger partial charge in [0.05, 0.1) is 0 Å². The van der Waals surface area contributed by atoms with Crippen LogP contribution in [0.15, 0.2) is 24.3 Å². The average Bonchev–Trinajstić information content (AvgIpc) is 2.41. The second-order valence-corrected chi connectivity index (χ2v) is 6.43. The summed E-state index contributed by atoms with van der Waals surface area (Å²) in [4.78, 5) is 17.9. The molecule has 6 nitrogen and oxygen atoms in total. The molecule has 0 aromatic heterocycles. The molecule has 1 unspecified atom stereocenters. The van der Waals surface area contributed by atoms with E-state index in [1.54, 1.807) is 0 Å². The summed E-state index contributed by atoms with van der Waals surface area (Å²) in [7, 11) is 0. The van der Waals surface area contributed by atoms with Crippen LogP contribution in [0, 0.1) is 0 Å². The Kier molecular flexibility index (Phi) is 15.3. The Balaban J connectivity index is -0.000000377. The molecule has 0 amide bonds. The van der Waals surface area contributed by atoms with Crippen molar-refractivity contribution in [3.63, 3.8) is 0 Å². The van der Waals surface area contributed by atoms with Crippen molar-refractivity contribution < 1.29 is 74.9 Å². The zero-order chi connectivity index (χ0) is 19.7. The molecule has 0 N–H and O–H groups in total. The first kappa shape index (κ1) is 29.5. The Bertz CT molecular complexity index is 524. The van der Waals surface area contributed by atoms with Gasteiger partial charge in [0.15, 0.2) is 13.2 Å². The minimum absolute atomic E-state index is 0. The summed E-state index contributed by atoms with van der Waals surface area (Å²) in [5.74, 6) is -1.87. The molecular weight excluding hydrogens is 451 g/mol. The maximum Gasteiger partial charge on any atom is 1.00 e. The van der Waals surface area contributed by atoms with Gasteiger partial charge in [-0.05, 0) is 29.8 Å². The van der Waals surface area contributed by atoms with Crippen molar-refractivity contribution in [2.75, 3.05) is 13.2 Å². The van der Waals surface area contributed by atoms with E-state index in [1.807, 2.05) is 15.9 Å². The van der Waals surface area contributed by atoms with Crippen LogP contribution in [-0.4, -0.2) is 44.0 Å². The number of halogens is 5. The minimum Gasteiger partial charge on any atom is -0.768 e. The smallest absolute Gasteiger partial charge is 0.768 e. The summed E-state index contributed by atoms with van der Waals surface area (Å²) in [6.45, 7) is 6.53. The van der Waals surface area contributed by atoms with Crippen LogP contribution < -0.4 is 29.6 Å². The molecule has 0 saturated heterocycles. The van der Waals surface area contributed by atoms with Gasteiger partial charge in [0.1, 0.15) is 0 Å². The fourth-order valence-electron chi connectivity index (χ4n) is 0.591. The molecule has 0 rings (SSSR count). The number of ether oxygens (including phenoxy) is 2. The summed E-state index contributed by atoms with van der Waals surface area (Å²) >= 11 is -1.58. The van der Waals surface area contributed by atoms with Gasteiger partial charge in [0.25, 0.3) is 0 Å². The van der Waals surface area contributed by atoms with Gasteiger partial charge in [-0.1, -0.05) is 13.2 Å². The molecule has 0 aliphatic rings. The molecule has 0 bridgehead atoms. The average molecular weight is 465 g/mol. The number of carbonyl (C=O) groups excluding carboxylic acids is 2. The summed E-state index contributed by atoms with van der Waals surface area (Å²) in [6.07, 6.45) is 0. The van der Waals surface area contributed by atoms with E-state index in [9.17, 15) is 35.9 Å². The van der Waals surface area contributed by atoms with E-state index in [4.69, 9.17) is 0 Å². The van der Waals surface area contributed by atoms with E-state index >= 15 is 0 Å². The van der Waals surface area contributed by atoms with E-state index in [0.29, 0.717) is 0 Å². The van der Waals surface area contributed by atoms with Crippen molar-refractivity contribution in [2.45, 2.75) is 23.9 Å². The maximum absolute atomic E-state index is 12.3. The van der Waals surface area contributed by atoms with Gasteiger partial charge in [-0.25, -0.2) is 9.59 Å². The molecule has 0 aromatic rings. The Morgan fingerprint density at radius 2 is 1.36 bits per heavy atom. The third kappa shape index (κ3) is 16.9. The molecule has 0 fully saturated rings. The molecule has 0 saturated carbocycles. The molecule has 0 radical (unpaired) electrons. The molecule has 0 aliphatic heterocycles. The molecule has 0 spiro atoms. The molecule has 25 heavy (non-hydrogen) atoms. The first-order chi connectivity index (χ1) is 10.6. The van der Waals surface area contributed by atoms with Gasteiger partial charge >= 0.3 is 51.6 Å². The summed E-state index contributed by atoms with van der Waals surface area (Å²) < 4.78 is 76.2. The Hall–Kier alpha value is -0.270. The number of hydrogen-bond donors (Lipinski definition) is 0. The Labute approximate surface area is 174 Å². The fraction of sp³-hybridized carbons (Fsp3) is 0.500. The Morgan fingerprint density at radius 1 is 1.04 bits per heavy atom. The van der Waals surface area contributed by atoms with Crippen LogP contribution in [0.4, 0.5) is 17.6 Å². The maximum atomic E-state index is 12.3. The predicted octanol–water partition coefficient (Wildman–Crippen LogP) is -0.325. The van der Waals surface area contributed by atoms with Crippen LogP contribution in [0.1, 0.15) is 13.8 Å². The quantitative estimate of drug-likeness (QED) is 0.128. The molecule has 0 aliphatic carbocycles. The molecule has 0 heterocycles. The van der Waals surface area contributed by atoms with Gasteiger partial charge in [-0.3, -0.25) is 4.21 Å². The SMILES string of the molecule is C=C(C)C(=O)OCC(F)(F)Br.C=C(C)C(=O)OCC(F)(F)S(=O)[O-].[Na+]. The van der Waals surface area contributed by atoms with Crippen LogP contribution >= 0.6 is 15.9 Å². The summed E-state index contributed by atoms with van der Waals surface area (Å²) in [6, 6.07) is 0. The molecule has 0 aromatic carbocycles.